The molecule has 0 aromatic rings. The van der Waals surface area contributed by atoms with Crippen molar-refractivity contribution in [2.45, 2.75) is 71.4 Å². The first-order valence-electron chi connectivity index (χ1n) is 7.14. The Kier molecular flexibility index (Phi) is 6.37. The van der Waals surface area contributed by atoms with E-state index in [0.29, 0.717) is 6.04 Å². The molecule has 0 aliphatic heterocycles. The van der Waals surface area contributed by atoms with Crippen LogP contribution in [-0.2, 0) is 0 Å². The number of unbranched alkanes of at least 4 members (excludes halogenated alkanes) is 1. The molecule has 0 amide bonds. The molecule has 2 heteroatoms. The minimum absolute atomic E-state index is 0.0837. The van der Waals surface area contributed by atoms with E-state index < -0.39 is 0 Å². The third kappa shape index (κ3) is 3.74. The van der Waals surface area contributed by atoms with Gasteiger partial charge >= 0.3 is 0 Å². The van der Waals surface area contributed by atoms with E-state index in [4.69, 9.17) is 0 Å². The fourth-order valence-corrected chi connectivity index (χ4v) is 2.90. The molecule has 16 heavy (non-hydrogen) atoms. The third-order valence-electron chi connectivity index (χ3n) is 4.14. The van der Waals surface area contributed by atoms with Gasteiger partial charge in [0, 0.05) is 6.04 Å². The van der Waals surface area contributed by atoms with Crippen LogP contribution in [0, 0.1) is 5.92 Å². The minimum atomic E-state index is -0.0837. The normalized spacial score (nSPS) is 30.9. The van der Waals surface area contributed by atoms with Crippen molar-refractivity contribution < 1.29 is 5.11 Å². The van der Waals surface area contributed by atoms with Crippen LogP contribution in [-0.4, -0.2) is 35.2 Å². The molecule has 1 aliphatic carbocycles. The van der Waals surface area contributed by atoms with Gasteiger partial charge in [0.25, 0.3) is 0 Å². The SMILES string of the molecule is CCCCN(CC)C1CC(CC)CCC1O. The number of rotatable bonds is 6. The van der Waals surface area contributed by atoms with Gasteiger partial charge in [-0.15, -0.1) is 0 Å². The Morgan fingerprint density at radius 3 is 2.50 bits per heavy atom. The maximum atomic E-state index is 10.1. The summed E-state index contributed by atoms with van der Waals surface area (Å²) in [5, 5.41) is 10.1. The zero-order chi connectivity index (χ0) is 12.0. The van der Waals surface area contributed by atoms with E-state index in [1.54, 1.807) is 0 Å². The highest BCUT2D eigenvalue weighted by atomic mass is 16.3. The lowest BCUT2D eigenvalue weighted by Gasteiger charge is -2.40. The molecule has 0 heterocycles. The fourth-order valence-electron chi connectivity index (χ4n) is 2.90. The number of aliphatic hydroxyl groups excluding tert-OH is 1. The van der Waals surface area contributed by atoms with Gasteiger partial charge in [0.1, 0.15) is 0 Å². The molecule has 3 atom stereocenters. The Morgan fingerprint density at radius 1 is 1.19 bits per heavy atom. The molecule has 0 aromatic carbocycles. The summed E-state index contributed by atoms with van der Waals surface area (Å²) < 4.78 is 0. The molecule has 0 saturated heterocycles. The quantitative estimate of drug-likeness (QED) is 0.754. The molecule has 1 aliphatic rings. The zero-order valence-electron chi connectivity index (χ0n) is 11.3. The van der Waals surface area contributed by atoms with E-state index in [9.17, 15) is 5.11 Å². The van der Waals surface area contributed by atoms with Crippen molar-refractivity contribution in [1.82, 2.24) is 4.90 Å². The van der Waals surface area contributed by atoms with E-state index >= 15 is 0 Å². The van der Waals surface area contributed by atoms with Crippen LogP contribution in [0.4, 0.5) is 0 Å². The Balaban J connectivity index is 2.51. The molecule has 0 aromatic heterocycles. The molecule has 1 N–H and O–H groups in total. The maximum absolute atomic E-state index is 10.1. The Morgan fingerprint density at radius 2 is 1.94 bits per heavy atom. The standard InChI is InChI=1S/C14H29NO/c1-4-7-10-15(6-3)13-11-12(5-2)8-9-14(13)16/h12-14,16H,4-11H2,1-3H3. The Labute approximate surface area is 101 Å². The van der Waals surface area contributed by atoms with Gasteiger partial charge in [0.2, 0.25) is 0 Å². The van der Waals surface area contributed by atoms with Gasteiger partial charge < -0.3 is 5.11 Å². The van der Waals surface area contributed by atoms with E-state index in [0.717, 1.165) is 25.4 Å². The first-order chi connectivity index (χ1) is 7.72. The van der Waals surface area contributed by atoms with Crippen LogP contribution >= 0.6 is 0 Å². The summed E-state index contributed by atoms with van der Waals surface area (Å²) in [7, 11) is 0. The lowest BCUT2D eigenvalue weighted by Crippen LogP contribution is -2.47. The molecule has 0 spiro atoms. The van der Waals surface area contributed by atoms with Crippen molar-refractivity contribution in [3.8, 4) is 0 Å². The molecular weight excluding hydrogens is 198 g/mol. The average molecular weight is 227 g/mol. The van der Waals surface area contributed by atoms with Crippen molar-refractivity contribution in [3.63, 3.8) is 0 Å². The second-order valence-electron chi connectivity index (χ2n) is 5.20. The van der Waals surface area contributed by atoms with Crippen molar-refractivity contribution in [2.75, 3.05) is 13.1 Å². The van der Waals surface area contributed by atoms with Crippen LogP contribution in [0.3, 0.4) is 0 Å². The monoisotopic (exact) mass is 227 g/mol. The lowest BCUT2D eigenvalue weighted by atomic mass is 9.81. The van der Waals surface area contributed by atoms with Crippen molar-refractivity contribution in [1.29, 1.82) is 0 Å². The Bertz CT molecular complexity index is 184. The summed E-state index contributed by atoms with van der Waals surface area (Å²) in [4.78, 5) is 2.50. The number of aliphatic hydroxyl groups is 1. The maximum Gasteiger partial charge on any atom is 0.0695 e. The number of nitrogens with zero attached hydrogens (tertiary/aromatic N) is 1. The summed E-state index contributed by atoms with van der Waals surface area (Å²) in [6, 6.07) is 0.426. The van der Waals surface area contributed by atoms with Crippen LogP contribution in [0.1, 0.15) is 59.3 Å². The summed E-state index contributed by atoms with van der Waals surface area (Å²) in [5.41, 5.74) is 0. The number of likely N-dealkylation sites (N-methyl/N-ethyl adjacent to an activating group) is 1. The van der Waals surface area contributed by atoms with Gasteiger partial charge in [0.15, 0.2) is 0 Å². The smallest absolute Gasteiger partial charge is 0.0695 e. The van der Waals surface area contributed by atoms with E-state index in [2.05, 4.69) is 25.7 Å². The molecule has 0 radical (unpaired) electrons. The first-order valence-corrected chi connectivity index (χ1v) is 7.14. The largest absolute Gasteiger partial charge is 0.391 e. The second kappa shape index (κ2) is 7.29. The van der Waals surface area contributed by atoms with Crippen LogP contribution in [0.2, 0.25) is 0 Å². The molecule has 1 rings (SSSR count). The number of hydrogen-bond acceptors (Lipinski definition) is 2. The van der Waals surface area contributed by atoms with Crippen LogP contribution in [0.25, 0.3) is 0 Å². The second-order valence-corrected chi connectivity index (χ2v) is 5.20. The minimum Gasteiger partial charge on any atom is -0.391 e. The highest BCUT2D eigenvalue weighted by Crippen LogP contribution is 2.30. The molecule has 0 bridgehead atoms. The third-order valence-corrected chi connectivity index (χ3v) is 4.14. The van der Waals surface area contributed by atoms with Gasteiger partial charge in [-0.3, -0.25) is 4.90 Å². The van der Waals surface area contributed by atoms with Crippen LogP contribution < -0.4 is 0 Å². The fraction of sp³-hybridized carbons (Fsp3) is 1.00. The molecule has 1 saturated carbocycles. The van der Waals surface area contributed by atoms with E-state index in [-0.39, 0.29) is 6.10 Å². The lowest BCUT2D eigenvalue weighted by molar-refractivity contribution is 0.00398. The first kappa shape index (κ1) is 14.0. The molecular formula is C14H29NO. The highest BCUT2D eigenvalue weighted by molar-refractivity contribution is 4.86. The molecule has 1 fully saturated rings. The molecule has 2 nitrogen and oxygen atoms in total. The van der Waals surface area contributed by atoms with Crippen molar-refractivity contribution >= 4 is 0 Å². The van der Waals surface area contributed by atoms with Crippen LogP contribution in [0.15, 0.2) is 0 Å². The van der Waals surface area contributed by atoms with E-state index in [1.807, 2.05) is 0 Å². The molecule has 3 unspecified atom stereocenters. The van der Waals surface area contributed by atoms with Crippen molar-refractivity contribution in [3.05, 3.63) is 0 Å². The van der Waals surface area contributed by atoms with Gasteiger partial charge in [0.05, 0.1) is 6.10 Å². The summed E-state index contributed by atoms with van der Waals surface area (Å²) >= 11 is 0. The van der Waals surface area contributed by atoms with Gasteiger partial charge in [-0.2, -0.15) is 0 Å². The predicted molar refractivity (Wildman–Crippen MR) is 69.6 cm³/mol. The van der Waals surface area contributed by atoms with E-state index in [1.165, 1.54) is 32.1 Å². The van der Waals surface area contributed by atoms with Crippen LogP contribution in [0.5, 0.6) is 0 Å². The summed E-state index contributed by atoms with van der Waals surface area (Å²) in [6.07, 6.45) is 7.12. The van der Waals surface area contributed by atoms with Gasteiger partial charge in [-0.05, 0) is 44.7 Å². The predicted octanol–water partition coefficient (Wildman–Crippen LogP) is 3.05. The molecule has 96 valence electrons. The topological polar surface area (TPSA) is 23.5 Å². The van der Waals surface area contributed by atoms with Gasteiger partial charge in [-0.25, -0.2) is 0 Å². The summed E-state index contributed by atoms with van der Waals surface area (Å²) in [6.45, 7) is 8.98. The summed E-state index contributed by atoms with van der Waals surface area (Å²) in [5.74, 6) is 0.837. The van der Waals surface area contributed by atoms with Crippen molar-refractivity contribution in [2.24, 2.45) is 5.92 Å². The zero-order valence-corrected chi connectivity index (χ0v) is 11.3. The number of hydrogen-bond donors (Lipinski definition) is 1. The van der Waals surface area contributed by atoms with Gasteiger partial charge in [-0.1, -0.05) is 33.6 Å². The highest BCUT2D eigenvalue weighted by Gasteiger charge is 2.31. The Hall–Kier alpha value is -0.0800. The average Bonchev–Trinajstić information content (AvgIpc) is 2.32.